The number of methoxy groups -OCH3 is 3. The van der Waals surface area contributed by atoms with E-state index in [-0.39, 0.29) is 5.75 Å². The predicted molar refractivity (Wildman–Crippen MR) is 80.0 cm³/mol. The molecule has 1 N–H and O–H groups in total. The highest BCUT2D eigenvalue weighted by atomic mass is 32.2. The maximum absolute atomic E-state index is 11.1. The molecule has 0 radical (unpaired) electrons. The van der Waals surface area contributed by atoms with Gasteiger partial charge in [-0.15, -0.1) is 0 Å². The second kappa shape index (κ2) is 7.51. The number of ether oxygens (including phenoxy) is 3. The number of rotatable bonds is 8. The van der Waals surface area contributed by atoms with Crippen LogP contribution in [0.2, 0.25) is 0 Å². The van der Waals surface area contributed by atoms with E-state index in [1.165, 1.54) is 27.6 Å². The lowest BCUT2D eigenvalue weighted by molar-refractivity contribution is 0.161. The molecule has 1 atom stereocenters. The average molecular weight is 318 g/mol. The molecular formula is C14H22O6S. The molecule has 0 amide bonds. The molecule has 0 bridgehead atoms. The molecule has 0 saturated carbocycles. The molecule has 0 fully saturated rings. The van der Waals surface area contributed by atoms with Crippen LogP contribution in [-0.4, -0.2) is 46.9 Å². The Morgan fingerprint density at radius 1 is 1.10 bits per heavy atom. The molecule has 0 aliphatic carbocycles. The molecule has 0 heterocycles. The fourth-order valence-electron chi connectivity index (χ4n) is 2.08. The number of aliphatic hydroxyl groups is 1. The average Bonchev–Trinajstić information content (AvgIpc) is 2.43. The van der Waals surface area contributed by atoms with Crippen LogP contribution in [0, 0.1) is 0 Å². The number of sulfone groups is 1. The summed E-state index contributed by atoms with van der Waals surface area (Å²) in [6.45, 7) is 0. The van der Waals surface area contributed by atoms with Gasteiger partial charge in [0, 0.05) is 17.6 Å². The highest BCUT2D eigenvalue weighted by molar-refractivity contribution is 7.90. The van der Waals surface area contributed by atoms with Crippen molar-refractivity contribution in [2.45, 2.75) is 18.9 Å². The quantitative estimate of drug-likeness (QED) is 0.783. The van der Waals surface area contributed by atoms with Gasteiger partial charge in [0.2, 0.25) is 5.75 Å². The van der Waals surface area contributed by atoms with Gasteiger partial charge in [0.1, 0.15) is 9.84 Å². The van der Waals surface area contributed by atoms with Crippen LogP contribution in [0.15, 0.2) is 12.1 Å². The van der Waals surface area contributed by atoms with Gasteiger partial charge < -0.3 is 19.3 Å². The zero-order valence-corrected chi connectivity index (χ0v) is 13.6. The van der Waals surface area contributed by atoms with Crippen molar-refractivity contribution in [3.63, 3.8) is 0 Å². The minimum absolute atomic E-state index is 0.0413. The maximum atomic E-state index is 11.1. The molecule has 0 aliphatic rings. The zero-order chi connectivity index (χ0) is 16.0. The van der Waals surface area contributed by atoms with Gasteiger partial charge in [0.15, 0.2) is 11.5 Å². The smallest absolute Gasteiger partial charge is 0.203 e. The Morgan fingerprint density at radius 2 is 1.71 bits per heavy atom. The normalized spacial score (nSPS) is 12.8. The standard InChI is InChI=1S/C14H22O6S/c1-18-12-8-7-10(13(19-2)14(12)20-3)11(15)6-5-9-21(4,16)17/h7-8,11,15H,5-6,9H2,1-4H3. The van der Waals surface area contributed by atoms with E-state index in [1.54, 1.807) is 12.1 Å². The summed E-state index contributed by atoms with van der Waals surface area (Å²) in [5.41, 5.74) is 0.545. The van der Waals surface area contributed by atoms with Gasteiger partial charge in [0.05, 0.1) is 27.4 Å². The van der Waals surface area contributed by atoms with Crippen molar-refractivity contribution in [2.75, 3.05) is 33.3 Å². The first-order chi connectivity index (χ1) is 9.84. The SMILES string of the molecule is COc1ccc(C(O)CCCS(C)(=O)=O)c(OC)c1OC. The van der Waals surface area contributed by atoms with Crippen LogP contribution < -0.4 is 14.2 Å². The highest BCUT2D eigenvalue weighted by Crippen LogP contribution is 2.42. The van der Waals surface area contributed by atoms with Gasteiger partial charge in [-0.25, -0.2) is 8.42 Å². The molecule has 7 heteroatoms. The second-order valence-corrected chi connectivity index (χ2v) is 6.97. The lowest BCUT2D eigenvalue weighted by Crippen LogP contribution is -2.07. The van der Waals surface area contributed by atoms with Gasteiger partial charge in [-0.2, -0.15) is 0 Å². The Kier molecular flexibility index (Phi) is 6.29. The van der Waals surface area contributed by atoms with E-state index >= 15 is 0 Å². The summed E-state index contributed by atoms with van der Waals surface area (Å²) in [5, 5.41) is 10.2. The fraction of sp³-hybridized carbons (Fsp3) is 0.571. The lowest BCUT2D eigenvalue weighted by atomic mass is 10.0. The van der Waals surface area contributed by atoms with E-state index in [0.29, 0.717) is 35.7 Å². The third-order valence-corrected chi connectivity index (χ3v) is 4.12. The summed E-state index contributed by atoms with van der Waals surface area (Å²) in [6.07, 6.45) is 1.04. The van der Waals surface area contributed by atoms with Crippen LogP contribution in [0.3, 0.4) is 0 Å². The third-order valence-electron chi connectivity index (χ3n) is 3.09. The molecular weight excluding hydrogens is 296 g/mol. The van der Waals surface area contributed by atoms with Crippen molar-refractivity contribution in [2.24, 2.45) is 0 Å². The van der Waals surface area contributed by atoms with Gasteiger partial charge in [0.25, 0.3) is 0 Å². The van der Waals surface area contributed by atoms with Gasteiger partial charge in [-0.1, -0.05) is 0 Å². The molecule has 1 unspecified atom stereocenters. The lowest BCUT2D eigenvalue weighted by Gasteiger charge is -2.19. The molecule has 120 valence electrons. The van der Waals surface area contributed by atoms with Crippen molar-refractivity contribution in [1.82, 2.24) is 0 Å². The van der Waals surface area contributed by atoms with Crippen LogP contribution in [0.25, 0.3) is 0 Å². The van der Waals surface area contributed by atoms with Crippen LogP contribution in [-0.2, 0) is 9.84 Å². The fourth-order valence-corrected chi connectivity index (χ4v) is 2.77. The second-order valence-electron chi connectivity index (χ2n) is 4.71. The van der Waals surface area contributed by atoms with E-state index in [9.17, 15) is 13.5 Å². The topological polar surface area (TPSA) is 82.1 Å². The third kappa shape index (κ3) is 4.78. The van der Waals surface area contributed by atoms with Crippen LogP contribution in [0.4, 0.5) is 0 Å². The Bertz CT molecular complexity index is 567. The summed E-state index contributed by atoms with van der Waals surface area (Å²) in [6, 6.07) is 3.36. The molecule has 1 rings (SSSR count). The maximum Gasteiger partial charge on any atom is 0.203 e. The Labute approximate surface area is 125 Å². The molecule has 0 aromatic heterocycles. The molecule has 0 spiro atoms. The largest absolute Gasteiger partial charge is 0.493 e. The molecule has 6 nitrogen and oxygen atoms in total. The van der Waals surface area contributed by atoms with Gasteiger partial charge >= 0.3 is 0 Å². The van der Waals surface area contributed by atoms with Crippen molar-refractivity contribution in [3.8, 4) is 17.2 Å². The van der Waals surface area contributed by atoms with Crippen molar-refractivity contribution >= 4 is 9.84 Å². The number of hydrogen-bond acceptors (Lipinski definition) is 6. The molecule has 0 saturated heterocycles. The summed E-state index contributed by atoms with van der Waals surface area (Å²) >= 11 is 0. The van der Waals surface area contributed by atoms with Crippen LogP contribution >= 0.6 is 0 Å². The van der Waals surface area contributed by atoms with Crippen molar-refractivity contribution < 1.29 is 27.7 Å². The predicted octanol–water partition coefficient (Wildman–Crippen LogP) is 1.57. The Morgan fingerprint density at radius 3 is 2.19 bits per heavy atom. The molecule has 21 heavy (non-hydrogen) atoms. The summed E-state index contributed by atoms with van der Waals surface area (Å²) < 4.78 is 37.9. The number of hydrogen-bond donors (Lipinski definition) is 1. The first-order valence-electron chi connectivity index (χ1n) is 6.48. The van der Waals surface area contributed by atoms with Gasteiger partial charge in [-0.3, -0.25) is 0 Å². The minimum atomic E-state index is -3.03. The number of benzene rings is 1. The zero-order valence-electron chi connectivity index (χ0n) is 12.8. The van der Waals surface area contributed by atoms with E-state index in [4.69, 9.17) is 14.2 Å². The Balaban J connectivity index is 2.96. The first kappa shape index (κ1) is 17.6. The van der Waals surface area contributed by atoms with Crippen LogP contribution in [0.1, 0.15) is 24.5 Å². The van der Waals surface area contributed by atoms with E-state index < -0.39 is 15.9 Å². The highest BCUT2D eigenvalue weighted by Gasteiger charge is 2.21. The van der Waals surface area contributed by atoms with Crippen LogP contribution in [0.5, 0.6) is 17.2 Å². The van der Waals surface area contributed by atoms with Gasteiger partial charge in [-0.05, 0) is 25.0 Å². The van der Waals surface area contributed by atoms with E-state index in [1.807, 2.05) is 0 Å². The van der Waals surface area contributed by atoms with E-state index in [0.717, 1.165) is 0 Å². The summed E-state index contributed by atoms with van der Waals surface area (Å²) in [4.78, 5) is 0. The van der Waals surface area contributed by atoms with Crippen molar-refractivity contribution in [1.29, 1.82) is 0 Å². The molecule has 0 aliphatic heterocycles. The first-order valence-corrected chi connectivity index (χ1v) is 8.54. The number of aliphatic hydroxyl groups excluding tert-OH is 1. The van der Waals surface area contributed by atoms with E-state index in [2.05, 4.69) is 0 Å². The minimum Gasteiger partial charge on any atom is -0.493 e. The summed E-state index contributed by atoms with van der Waals surface area (Å²) in [7, 11) is 1.45. The Hall–Kier alpha value is -1.47. The monoisotopic (exact) mass is 318 g/mol. The summed E-state index contributed by atoms with van der Waals surface area (Å²) in [5.74, 6) is 1.34. The van der Waals surface area contributed by atoms with Crippen molar-refractivity contribution in [3.05, 3.63) is 17.7 Å². The molecule has 1 aromatic carbocycles. The molecule has 1 aromatic rings.